The highest BCUT2D eigenvalue weighted by molar-refractivity contribution is 7.89. The Balaban J connectivity index is 1.20. The fourth-order valence-corrected chi connectivity index (χ4v) is 6.85. The largest absolute Gasteiger partial charge is 0.593 e. The molecule has 3 saturated heterocycles. The van der Waals surface area contributed by atoms with Crippen LogP contribution in [0.15, 0.2) is 53.4 Å². The van der Waals surface area contributed by atoms with E-state index >= 15 is 0 Å². The number of carbonyl (C=O) groups excluding carboxylic acids is 1. The maximum absolute atomic E-state index is 13.1. The topological polar surface area (TPSA) is 49.8 Å². The average Bonchev–Trinajstić information content (AvgIpc) is 3.14. The van der Waals surface area contributed by atoms with Crippen LogP contribution < -0.4 is 4.90 Å². The number of carbonyl (C=O) groups is 1. The lowest BCUT2D eigenvalue weighted by Gasteiger charge is -2.26. The minimum atomic E-state index is -1.21. The van der Waals surface area contributed by atoms with Gasteiger partial charge in [-0.15, -0.1) is 4.31 Å². The van der Waals surface area contributed by atoms with Crippen LogP contribution >= 0.6 is 11.6 Å². The Morgan fingerprint density at radius 1 is 0.939 bits per heavy atom. The minimum Gasteiger partial charge on any atom is -0.593 e. The first-order chi connectivity index (χ1) is 16.0. The van der Waals surface area contributed by atoms with Gasteiger partial charge in [0.2, 0.25) is 0 Å². The van der Waals surface area contributed by atoms with Crippen LogP contribution in [0.2, 0.25) is 5.02 Å². The molecule has 6 rings (SSSR count). The van der Waals surface area contributed by atoms with Gasteiger partial charge in [0, 0.05) is 49.5 Å². The maximum Gasteiger partial charge on any atom is 0.253 e. The molecule has 0 radical (unpaired) electrons. The van der Waals surface area contributed by atoms with Gasteiger partial charge in [-0.05, 0) is 92.5 Å². The first-order valence-corrected chi connectivity index (χ1v) is 13.5. The van der Waals surface area contributed by atoms with Crippen LogP contribution in [0, 0.1) is 11.8 Å². The number of fused-ring (bicyclic) bond motifs is 4. The summed E-state index contributed by atoms with van der Waals surface area (Å²) in [4.78, 5) is 18.3. The third-order valence-electron chi connectivity index (χ3n) is 7.64. The standard InChI is InChI=1S/C26H32ClN3O2S/c1-28(33(32)25-12-8-22(27)9-13-25)24-14-15-29(18-24)23-10-6-21(7-11-23)26(31)30-16-19-2-3-20(17-30)5-4-19/h6-13,19-20,24H,2-5,14-18H2,1H3. The van der Waals surface area contributed by atoms with Crippen LogP contribution in [0.5, 0.6) is 0 Å². The van der Waals surface area contributed by atoms with Crippen molar-refractivity contribution in [3.63, 3.8) is 0 Å². The van der Waals surface area contributed by atoms with Gasteiger partial charge in [-0.1, -0.05) is 11.6 Å². The molecule has 3 heterocycles. The van der Waals surface area contributed by atoms with Crippen LogP contribution in [-0.2, 0) is 11.4 Å². The summed E-state index contributed by atoms with van der Waals surface area (Å²) in [5.74, 6) is 1.55. The fraction of sp³-hybridized carbons (Fsp3) is 0.500. The summed E-state index contributed by atoms with van der Waals surface area (Å²) in [7, 11) is 1.93. The molecule has 176 valence electrons. The second kappa shape index (κ2) is 9.87. The van der Waals surface area contributed by atoms with E-state index in [1.165, 1.54) is 25.7 Å². The molecule has 2 atom stereocenters. The summed E-state index contributed by atoms with van der Waals surface area (Å²) >= 11 is 4.75. The molecule has 4 fully saturated rings. The molecule has 0 N–H and O–H groups in total. The van der Waals surface area contributed by atoms with Gasteiger partial charge in [-0.3, -0.25) is 4.79 Å². The molecular formula is C26H32ClN3O2S. The molecule has 5 nitrogen and oxygen atoms in total. The van der Waals surface area contributed by atoms with Gasteiger partial charge >= 0.3 is 0 Å². The van der Waals surface area contributed by atoms with E-state index in [1.807, 2.05) is 35.6 Å². The molecule has 1 aliphatic carbocycles. The lowest BCUT2D eigenvalue weighted by atomic mass is 9.84. The van der Waals surface area contributed by atoms with Crippen molar-refractivity contribution >= 4 is 34.6 Å². The number of anilines is 1. The van der Waals surface area contributed by atoms with Gasteiger partial charge in [0.05, 0.1) is 17.4 Å². The van der Waals surface area contributed by atoms with Crippen molar-refractivity contribution in [2.75, 3.05) is 38.1 Å². The van der Waals surface area contributed by atoms with Crippen LogP contribution in [0.4, 0.5) is 5.69 Å². The van der Waals surface area contributed by atoms with E-state index in [2.05, 4.69) is 21.9 Å². The summed E-state index contributed by atoms with van der Waals surface area (Å²) in [6.07, 6.45) is 6.07. The van der Waals surface area contributed by atoms with Gasteiger partial charge in [0.1, 0.15) is 0 Å². The van der Waals surface area contributed by atoms with Crippen molar-refractivity contribution in [2.24, 2.45) is 11.8 Å². The molecule has 1 saturated carbocycles. The second-order valence-corrected chi connectivity index (χ2v) is 11.8. The van der Waals surface area contributed by atoms with Crippen molar-refractivity contribution in [3.05, 3.63) is 59.1 Å². The summed E-state index contributed by atoms with van der Waals surface area (Å²) in [5, 5.41) is 0.649. The fourth-order valence-electron chi connectivity index (χ4n) is 5.58. The van der Waals surface area contributed by atoms with Crippen LogP contribution in [0.1, 0.15) is 42.5 Å². The van der Waals surface area contributed by atoms with E-state index in [0.29, 0.717) is 16.9 Å². The van der Waals surface area contributed by atoms with E-state index in [4.69, 9.17) is 11.6 Å². The highest BCUT2D eigenvalue weighted by atomic mass is 35.5. The SMILES string of the molecule is CN(C1CCN(c2ccc(C(=O)N3CC4CCC(CC4)C3)cc2)C1)[S+]([O-])c1ccc(Cl)cc1. The Bertz CT molecular complexity index is 949. The van der Waals surface area contributed by atoms with Crippen molar-refractivity contribution in [2.45, 2.75) is 43.0 Å². The molecule has 4 aliphatic rings. The van der Waals surface area contributed by atoms with E-state index < -0.39 is 11.4 Å². The third-order valence-corrected chi connectivity index (χ3v) is 9.39. The van der Waals surface area contributed by atoms with Crippen molar-refractivity contribution in [1.29, 1.82) is 0 Å². The first-order valence-electron chi connectivity index (χ1n) is 12.0. The van der Waals surface area contributed by atoms with Crippen molar-refractivity contribution in [1.82, 2.24) is 9.21 Å². The van der Waals surface area contributed by atoms with Crippen molar-refractivity contribution < 1.29 is 9.35 Å². The molecule has 7 heteroatoms. The Labute approximate surface area is 205 Å². The zero-order chi connectivity index (χ0) is 22.9. The molecule has 0 aromatic heterocycles. The Kier molecular flexibility index (Phi) is 6.89. The highest BCUT2D eigenvalue weighted by Gasteiger charge is 2.34. The zero-order valence-corrected chi connectivity index (χ0v) is 20.7. The minimum absolute atomic E-state index is 0.178. The summed E-state index contributed by atoms with van der Waals surface area (Å²) in [6.45, 7) is 3.57. The number of nitrogens with zero attached hydrogens (tertiary/aromatic N) is 3. The number of halogens is 1. The first kappa shape index (κ1) is 23.0. The number of benzene rings is 2. The Morgan fingerprint density at radius 2 is 1.55 bits per heavy atom. The molecule has 1 amide bonds. The van der Waals surface area contributed by atoms with Crippen molar-refractivity contribution in [3.8, 4) is 0 Å². The van der Waals surface area contributed by atoms with Crippen LogP contribution in [0.3, 0.4) is 0 Å². The number of likely N-dealkylation sites (N-methyl/N-ethyl adjacent to an activating group) is 1. The molecule has 2 aromatic carbocycles. The van der Waals surface area contributed by atoms with Gasteiger partial charge in [-0.25, -0.2) is 0 Å². The molecule has 2 bridgehead atoms. The van der Waals surface area contributed by atoms with Gasteiger partial charge in [0.15, 0.2) is 4.90 Å². The van der Waals surface area contributed by atoms with E-state index in [9.17, 15) is 9.35 Å². The second-order valence-electron chi connectivity index (χ2n) is 9.78. The molecule has 3 aliphatic heterocycles. The van der Waals surface area contributed by atoms with Gasteiger partial charge in [0.25, 0.3) is 5.91 Å². The Morgan fingerprint density at radius 3 is 2.15 bits per heavy atom. The van der Waals surface area contributed by atoms with Crippen LogP contribution in [-0.4, -0.2) is 58.9 Å². The van der Waals surface area contributed by atoms with Crippen LogP contribution in [0.25, 0.3) is 0 Å². The smallest absolute Gasteiger partial charge is 0.253 e. The number of hydrogen-bond acceptors (Lipinski definition) is 4. The normalized spacial score (nSPS) is 26.0. The lowest BCUT2D eigenvalue weighted by Crippen LogP contribution is -2.39. The van der Waals surface area contributed by atoms with Gasteiger partial charge < -0.3 is 14.4 Å². The monoisotopic (exact) mass is 485 g/mol. The summed E-state index contributed by atoms with van der Waals surface area (Å²) < 4.78 is 14.9. The number of rotatable bonds is 5. The molecule has 2 aromatic rings. The summed E-state index contributed by atoms with van der Waals surface area (Å²) in [5.41, 5.74) is 1.91. The number of amides is 1. The van der Waals surface area contributed by atoms with E-state index in [1.54, 1.807) is 12.1 Å². The molecular weight excluding hydrogens is 454 g/mol. The Hall–Kier alpha value is -1.73. The highest BCUT2D eigenvalue weighted by Crippen LogP contribution is 2.34. The molecule has 2 unspecified atom stereocenters. The van der Waals surface area contributed by atoms with Gasteiger partial charge in [-0.2, -0.15) is 0 Å². The quantitative estimate of drug-likeness (QED) is 0.569. The predicted molar refractivity (Wildman–Crippen MR) is 134 cm³/mol. The number of hydrogen-bond donors (Lipinski definition) is 0. The van der Waals surface area contributed by atoms with E-state index in [-0.39, 0.29) is 11.9 Å². The predicted octanol–water partition coefficient (Wildman–Crippen LogP) is 4.84. The summed E-state index contributed by atoms with van der Waals surface area (Å²) in [6, 6.07) is 15.5. The lowest BCUT2D eigenvalue weighted by molar-refractivity contribution is 0.0739. The maximum atomic E-state index is 13.1. The van der Waals surface area contributed by atoms with E-state index in [0.717, 1.165) is 48.7 Å². The third kappa shape index (κ3) is 5.04. The molecule has 33 heavy (non-hydrogen) atoms. The molecule has 0 spiro atoms. The zero-order valence-electron chi connectivity index (χ0n) is 19.2. The average molecular weight is 486 g/mol.